The molecule has 4 rings (SSSR count). The third-order valence-corrected chi connectivity index (χ3v) is 7.26. The van der Waals surface area contributed by atoms with Gasteiger partial charge in [-0.05, 0) is 91.2 Å². The predicted octanol–water partition coefficient (Wildman–Crippen LogP) is 7.64. The summed E-state index contributed by atoms with van der Waals surface area (Å²) in [6, 6.07) is 10.1. The van der Waals surface area contributed by atoms with Crippen LogP contribution in [-0.4, -0.2) is 6.61 Å². The summed E-state index contributed by atoms with van der Waals surface area (Å²) in [5.41, 5.74) is 1.39. The summed E-state index contributed by atoms with van der Waals surface area (Å²) in [6.45, 7) is 4.69. The van der Waals surface area contributed by atoms with Gasteiger partial charge in [-0.3, -0.25) is 0 Å². The van der Waals surface area contributed by atoms with Crippen molar-refractivity contribution in [2.75, 3.05) is 6.61 Å². The first-order valence-electron chi connectivity index (χ1n) is 11.1. The van der Waals surface area contributed by atoms with Gasteiger partial charge in [0.15, 0.2) is 11.6 Å². The van der Waals surface area contributed by atoms with Crippen molar-refractivity contribution in [1.82, 2.24) is 0 Å². The highest BCUT2D eigenvalue weighted by Crippen LogP contribution is 2.48. The van der Waals surface area contributed by atoms with E-state index >= 15 is 0 Å². The molecule has 4 atom stereocenters. The van der Waals surface area contributed by atoms with Gasteiger partial charge in [0, 0.05) is 0 Å². The van der Waals surface area contributed by atoms with Crippen LogP contribution in [0, 0.1) is 23.6 Å². The number of hydrogen-bond acceptors (Lipinski definition) is 1. The van der Waals surface area contributed by atoms with Gasteiger partial charge in [-0.15, -0.1) is 0 Å². The average Bonchev–Trinajstić information content (AvgIpc) is 2.73. The first kappa shape index (κ1) is 19.5. The predicted molar refractivity (Wildman–Crippen MR) is 115 cm³/mol. The van der Waals surface area contributed by atoms with Crippen molar-refractivity contribution in [3.63, 3.8) is 0 Å². The minimum absolute atomic E-state index is 0.268. The normalized spacial score (nSPS) is 27.8. The Bertz CT molecular complexity index is 840. The Kier molecular flexibility index (Phi) is 6.04. The molecule has 0 saturated heterocycles. The van der Waals surface area contributed by atoms with Gasteiger partial charge in [0.1, 0.15) is 6.61 Å². The monoisotopic (exact) mass is 380 g/mol. The van der Waals surface area contributed by atoms with Crippen LogP contribution in [0.2, 0.25) is 0 Å². The van der Waals surface area contributed by atoms with Gasteiger partial charge in [-0.1, -0.05) is 50.1 Å². The fourth-order valence-corrected chi connectivity index (χ4v) is 5.53. The maximum Gasteiger partial charge on any atom is 0.165 e. The van der Waals surface area contributed by atoms with Crippen LogP contribution in [0.3, 0.4) is 0 Å². The Hall–Kier alpha value is -1.83. The molecule has 0 bridgehead atoms. The van der Waals surface area contributed by atoms with E-state index in [4.69, 9.17) is 4.74 Å². The average molecular weight is 381 g/mol. The smallest absolute Gasteiger partial charge is 0.165 e. The highest BCUT2D eigenvalue weighted by atomic mass is 19.1. The maximum atomic E-state index is 14.5. The maximum absolute atomic E-state index is 14.5. The van der Waals surface area contributed by atoms with Gasteiger partial charge in [0.25, 0.3) is 0 Å². The highest BCUT2D eigenvalue weighted by Gasteiger charge is 2.35. The van der Waals surface area contributed by atoms with E-state index < -0.39 is 0 Å². The minimum Gasteiger partial charge on any atom is -0.486 e. The zero-order valence-corrected chi connectivity index (χ0v) is 17.3. The zero-order valence-electron chi connectivity index (χ0n) is 17.3. The van der Waals surface area contributed by atoms with Crippen molar-refractivity contribution in [2.45, 2.75) is 64.7 Å². The van der Waals surface area contributed by atoms with E-state index in [1.165, 1.54) is 50.5 Å². The Morgan fingerprint density at radius 1 is 1.00 bits per heavy atom. The van der Waals surface area contributed by atoms with Gasteiger partial charge in [0.05, 0.1) is 0 Å². The first-order valence-corrected chi connectivity index (χ1v) is 11.1. The van der Waals surface area contributed by atoms with Crippen LogP contribution in [0.15, 0.2) is 42.5 Å². The number of halogens is 1. The molecular weight excluding hydrogens is 347 g/mol. The van der Waals surface area contributed by atoms with Crippen LogP contribution < -0.4 is 4.74 Å². The number of hydrogen-bond donors (Lipinski definition) is 0. The SMILES string of the molecule is C/C=C/COc1cc2ccc([C@@H]3CC[C@@H]4CC(CC)CCC4C3)cc2cc1F. The molecule has 0 aliphatic heterocycles. The van der Waals surface area contributed by atoms with E-state index in [1.54, 1.807) is 6.07 Å². The van der Waals surface area contributed by atoms with Crippen LogP contribution in [0.1, 0.15) is 70.3 Å². The zero-order chi connectivity index (χ0) is 19.5. The summed E-state index contributed by atoms with van der Waals surface area (Å²) < 4.78 is 20.0. The molecule has 150 valence electrons. The second-order valence-electron chi connectivity index (χ2n) is 8.89. The van der Waals surface area contributed by atoms with Gasteiger partial charge >= 0.3 is 0 Å². The summed E-state index contributed by atoms with van der Waals surface area (Å²) in [4.78, 5) is 0. The number of allylic oxidation sites excluding steroid dienone is 1. The number of ether oxygens (including phenoxy) is 1. The van der Waals surface area contributed by atoms with Gasteiger partial charge in [-0.25, -0.2) is 4.39 Å². The molecule has 28 heavy (non-hydrogen) atoms. The Balaban J connectivity index is 1.50. The van der Waals surface area contributed by atoms with Crippen LogP contribution >= 0.6 is 0 Å². The van der Waals surface area contributed by atoms with Crippen molar-refractivity contribution in [3.05, 3.63) is 53.9 Å². The molecule has 2 saturated carbocycles. The van der Waals surface area contributed by atoms with Gasteiger partial charge < -0.3 is 4.74 Å². The molecule has 2 unspecified atom stereocenters. The third kappa shape index (κ3) is 4.11. The summed E-state index contributed by atoms with van der Waals surface area (Å²) in [5.74, 6) is 3.52. The molecule has 2 aromatic rings. The first-order chi connectivity index (χ1) is 13.7. The lowest BCUT2D eigenvalue weighted by Gasteiger charge is -2.42. The van der Waals surface area contributed by atoms with E-state index in [0.29, 0.717) is 18.3 Å². The number of fused-ring (bicyclic) bond motifs is 2. The van der Waals surface area contributed by atoms with E-state index in [2.05, 4.69) is 25.1 Å². The molecule has 2 heteroatoms. The van der Waals surface area contributed by atoms with Crippen LogP contribution in [0.25, 0.3) is 10.8 Å². The number of rotatable bonds is 5. The molecule has 0 heterocycles. The third-order valence-electron chi connectivity index (χ3n) is 7.26. The van der Waals surface area contributed by atoms with Gasteiger partial charge in [0.2, 0.25) is 0 Å². The van der Waals surface area contributed by atoms with Crippen LogP contribution in [0.5, 0.6) is 5.75 Å². The van der Waals surface area contributed by atoms with Crippen molar-refractivity contribution < 1.29 is 9.13 Å². The van der Waals surface area contributed by atoms with Crippen molar-refractivity contribution in [1.29, 1.82) is 0 Å². The van der Waals surface area contributed by atoms with Crippen molar-refractivity contribution in [2.24, 2.45) is 17.8 Å². The minimum atomic E-state index is -0.268. The Labute approximate surface area is 169 Å². The molecule has 2 aliphatic carbocycles. The molecule has 2 aliphatic rings. The number of benzene rings is 2. The van der Waals surface area contributed by atoms with E-state index in [-0.39, 0.29) is 5.82 Å². The molecule has 0 radical (unpaired) electrons. The lowest BCUT2D eigenvalue weighted by atomic mass is 9.63. The van der Waals surface area contributed by atoms with E-state index in [1.807, 2.05) is 25.1 Å². The molecule has 2 aromatic carbocycles. The molecule has 0 aromatic heterocycles. The molecule has 0 N–H and O–H groups in total. The summed E-state index contributed by atoms with van der Waals surface area (Å²) >= 11 is 0. The molecule has 1 nitrogen and oxygen atoms in total. The van der Waals surface area contributed by atoms with Crippen LogP contribution in [-0.2, 0) is 0 Å². The van der Waals surface area contributed by atoms with E-state index in [0.717, 1.165) is 28.5 Å². The topological polar surface area (TPSA) is 9.23 Å². The second kappa shape index (κ2) is 8.68. The molecule has 2 fully saturated rings. The van der Waals surface area contributed by atoms with Crippen LogP contribution in [0.4, 0.5) is 4.39 Å². The lowest BCUT2D eigenvalue weighted by molar-refractivity contribution is 0.116. The quantitative estimate of drug-likeness (QED) is 0.484. The largest absolute Gasteiger partial charge is 0.486 e. The van der Waals surface area contributed by atoms with E-state index in [9.17, 15) is 4.39 Å². The highest BCUT2D eigenvalue weighted by molar-refractivity contribution is 5.84. The summed E-state index contributed by atoms with van der Waals surface area (Å²) in [5, 5.41) is 2.04. The van der Waals surface area contributed by atoms with Crippen molar-refractivity contribution in [3.8, 4) is 5.75 Å². The van der Waals surface area contributed by atoms with Crippen molar-refractivity contribution >= 4 is 10.8 Å². The summed E-state index contributed by atoms with van der Waals surface area (Å²) in [7, 11) is 0. The molecular formula is C26H33FO. The molecule has 0 amide bonds. The fraction of sp³-hybridized carbons (Fsp3) is 0.538. The Morgan fingerprint density at radius 3 is 2.64 bits per heavy atom. The standard InChI is InChI=1S/C26H33FO/c1-3-5-12-28-26-17-23-11-10-22(15-24(23)16-25(26)27)21-9-8-19-13-18(4-2)6-7-20(19)14-21/h3,5,10-11,15-21H,4,6-9,12-14H2,1-2H3/b5-3+/t18?,19-,20?,21-/m1/s1. The fourth-order valence-electron chi connectivity index (χ4n) is 5.53. The molecule has 0 spiro atoms. The second-order valence-corrected chi connectivity index (χ2v) is 8.89. The lowest BCUT2D eigenvalue weighted by Crippen LogP contribution is -2.30. The summed E-state index contributed by atoms with van der Waals surface area (Å²) in [6.07, 6.45) is 13.4. The van der Waals surface area contributed by atoms with Gasteiger partial charge in [-0.2, -0.15) is 0 Å². The Morgan fingerprint density at radius 2 is 1.82 bits per heavy atom.